The molecule has 2 aliphatic heterocycles. The smallest absolute Gasteiger partial charge is 0.340 e. The molecular weight excluding hydrogens is 380 g/mol. The molecule has 3 N–H and O–H groups in total. The van der Waals surface area contributed by atoms with Gasteiger partial charge in [0.05, 0.1) is 11.0 Å². The second-order valence-electron chi connectivity index (χ2n) is 7.69. The first-order chi connectivity index (χ1) is 14.5. The lowest BCUT2D eigenvalue weighted by Gasteiger charge is -2.22. The summed E-state index contributed by atoms with van der Waals surface area (Å²) in [5.41, 5.74) is 9.46. The van der Waals surface area contributed by atoms with Gasteiger partial charge < -0.3 is 10.3 Å². The third kappa shape index (κ3) is 2.86. The molecule has 0 saturated carbocycles. The molecule has 2 aromatic carbocycles. The maximum atomic E-state index is 11.5. The normalized spacial score (nSPS) is 17.0. The predicted octanol–water partition coefficient (Wildman–Crippen LogP) is 4.08. The van der Waals surface area contributed by atoms with Gasteiger partial charge in [0.2, 0.25) is 5.91 Å². The molecule has 30 heavy (non-hydrogen) atoms. The number of primary amides is 1. The van der Waals surface area contributed by atoms with Gasteiger partial charge in [-0.3, -0.25) is 14.6 Å². The monoisotopic (exact) mass is 402 g/mol. The quantitative estimate of drug-likeness (QED) is 0.371. The minimum absolute atomic E-state index is 0.233. The number of carbonyl (C=O) groups is 2. The van der Waals surface area contributed by atoms with Gasteiger partial charge in [0.25, 0.3) is 0 Å². The molecule has 1 unspecified atom stereocenters. The average Bonchev–Trinajstić information content (AvgIpc) is 3.48. The first kappa shape index (κ1) is 18.4. The van der Waals surface area contributed by atoms with E-state index >= 15 is 0 Å². The second-order valence-corrected chi connectivity index (χ2v) is 7.69. The van der Waals surface area contributed by atoms with Crippen LogP contribution >= 0.6 is 0 Å². The van der Waals surface area contributed by atoms with Gasteiger partial charge in [0, 0.05) is 23.2 Å². The van der Waals surface area contributed by atoms with Crippen LogP contribution in [0.5, 0.6) is 0 Å². The molecule has 4 aromatic rings. The Hall–Kier alpha value is -3.58. The molecule has 2 aliphatic rings. The Kier molecular flexibility index (Phi) is 4.33. The maximum absolute atomic E-state index is 11.5. The molecule has 4 heterocycles. The van der Waals surface area contributed by atoms with Crippen LogP contribution in [0, 0.1) is 0 Å². The summed E-state index contributed by atoms with van der Waals surface area (Å²) in [6.45, 7) is 0. The highest BCUT2D eigenvalue weighted by Gasteiger charge is 2.30. The SMILES string of the molecule is NC(=O)N(O)C1CCc2cc3ccccc3n21.O=C1CCc2cc3ccccc3n21. The molecule has 6 rings (SSSR count). The largest absolute Gasteiger partial charge is 0.350 e. The zero-order valence-electron chi connectivity index (χ0n) is 16.4. The Morgan fingerprint density at radius 2 is 1.57 bits per heavy atom. The number of benzene rings is 2. The molecule has 0 saturated heterocycles. The number of aromatic nitrogens is 2. The Labute approximate surface area is 172 Å². The van der Waals surface area contributed by atoms with Gasteiger partial charge in [0.1, 0.15) is 6.17 Å². The second kappa shape index (κ2) is 7.03. The van der Waals surface area contributed by atoms with Crippen LogP contribution in [0.1, 0.15) is 35.2 Å². The number of carbonyl (C=O) groups excluding carboxylic acids is 2. The molecule has 0 spiro atoms. The number of aryl methyl sites for hydroxylation is 2. The number of nitrogens with two attached hydrogens (primary N) is 1. The van der Waals surface area contributed by atoms with Crippen molar-refractivity contribution in [3.8, 4) is 0 Å². The Bertz CT molecular complexity index is 1290. The van der Waals surface area contributed by atoms with Crippen LogP contribution in [-0.2, 0) is 12.8 Å². The van der Waals surface area contributed by atoms with Crippen molar-refractivity contribution in [2.75, 3.05) is 0 Å². The lowest BCUT2D eigenvalue weighted by molar-refractivity contribution is -0.0955. The number of amides is 2. The zero-order valence-corrected chi connectivity index (χ0v) is 16.4. The molecule has 0 radical (unpaired) electrons. The van der Waals surface area contributed by atoms with E-state index in [1.807, 2.05) is 57.7 Å². The van der Waals surface area contributed by atoms with Crippen molar-refractivity contribution in [2.24, 2.45) is 5.73 Å². The average molecular weight is 402 g/mol. The molecular formula is C23H22N4O3. The summed E-state index contributed by atoms with van der Waals surface area (Å²) in [5, 5.41) is 12.6. The number of para-hydroxylation sites is 2. The highest BCUT2D eigenvalue weighted by Crippen LogP contribution is 2.34. The van der Waals surface area contributed by atoms with Gasteiger partial charge in [-0.25, -0.2) is 4.79 Å². The third-order valence-corrected chi connectivity index (χ3v) is 5.92. The molecule has 0 bridgehead atoms. The Morgan fingerprint density at radius 1 is 0.933 bits per heavy atom. The van der Waals surface area contributed by atoms with Crippen LogP contribution in [0.4, 0.5) is 4.79 Å². The third-order valence-electron chi connectivity index (χ3n) is 5.92. The predicted molar refractivity (Wildman–Crippen MR) is 113 cm³/mol. The summed E-state index contributed by atoms with van der Waals surface area (Å²) in [5.74, 6) is 0.233. The molecule has 1 atom stereocenters. The fourth-order valence-electron chi connectivity index (χ4n) is 4.60. The van der Waals surface area contributed by atoms with E-state index in [4.69, 9.17) is 5.73 Å². The van der Waals surface area contributed by atoms with Crippen molar-refractivity contribution >= 4 is 33.7 Å². The number of hydrogen-bond donors (Lipinski definition) is 2. The van der Waals surface area contributed by atoms with E-state index in [1.54, 1.807) is 0 Å². The summed E-state index contributed by atoms with van der Waals surface area (Å²) in [6, 6.07) is 19.3. The highest BCUT2D eigenvalue weighted by molar-refractivity contribution is 5.95. The number of urea groups is 1. The minimum Gasteiger partial charge on any atom is -0.350 e. The van der Waals surface area contributed by atoms with Crippen molar-refractivity contribution in [3.63, 3.8) is 0 Å². The fourth-order valence-corrected chi connectivity index (χ4v) is 4.60. The molecule has 152 valence electrons. The van der Waals surface area contributed by atoms with Gasteiger partial charge >= 0.3 is 6.03 Å². The Balaban J connectivity index is 0.000000133. The van der Waals surface area contributed by atoms with Gasteiger partial charge in [-0.1, -0.05) is 36.4 Å². The van der Waals surface area contributed by atoms with Crippen LogP contribution in [0.2, 0.25) is 0 Å². The van der Waals surface area contributed by atoms with Crippen LogP contribution < -0.4 is 5.73 Å². The summed E-state index contributed by atoms with van der Waals surface area (Å²) < 4.78 is 3.81. The lowest BCUT2D eigenvalue weighted by Crippen LogP contribution is -2.37. The lowest BCUT2D eigenvalue weighted by atomic mass is 10.2. The number of nitrogens with zero attached hydrogens (tertiary/aromatic N) is 3. The summed E-state index contributed by atoms with van der Waals surface area (Å²) >= 11 is 0. The van der Waals surface area contributed by atoms with Crippen molar-refractivity contribution in [1.82, 2.24) is 14.2 Å². The first-order valence-corrected chi connectivity index (χ1v) is 10.0. The van der Waals surface area contributed by atoms with Gasteiger partial charge in [-0.05, 0) is 48.9 Å². The van der Waals surface area contributed by atoms with Crippen LogP contribution in [0.15, 0.2) is 60.7 Å². The molecule has 0 aliphatic carbocycles. The van der Waals surface area contributed by atoms with E-state index in [-0.39, 0.29) is 12.1 Å². The van der Waals surface area contributed by atoms with E-state index in [0.717, 1.165) is 40.6 Å². The first-order valence-electron chi connectivity index (χ1n) is 10.0. The summed E-state index contributed by atoms with van der Waals surface area (Å²) in [7, 11) is 0. The van der Waals surface area contributed by atoms with E-state index < -0.39 is 6.03 Å². The molecule has 2 aromatic heterocycles. The van der Waals surface area contributed by atoms with E-state index in [1.165, 1.54) is 5.39 Å². The molecule has 7 nitrogen and oxygen atoms in total. The van der Waals surface area contributed by atoms with Crippen molar-refractivity contribution < 1.29 is 14.8 Å². The van der Waals surface area contributed by atoms with Crippen LogP contribution in [-0.4, -0.2) is 31.3 Å². The van der Waals surface area contributed by atoms with Gasteiger partial charge in [0.15, 0.2) is 0 Å². The number of fused-ring (bicyclic) bond motifs is 6. The standard InChI is InChI=1S/C12H13N3O2.C11H9NO/c13-12(16)15(17)11-6-5-9-7-8-3-1-2-4-10(8)14(9)11;13-11-6-5-9-7-8-3-1-2-4-10(8)12(9)11/h1-4,7,11,17H,5-6H2,(H2,13,16);1-4,7H,5-6H2. The van der Waals surface area contributed by atoms with Crippen LogP contribution in [0.3, 0.4) is 0 Å². The summed E-state index contributed by atoms with van der Waals surface area (Å²) in [6.07, 6.45) is 2.71. The Morgan fingerprint density at radius 3 is 2.30 bits per heavy atom. The van der Waals surface area contributed by atoms with Crippen molar-refractivity contribution in [3.05, 3.63) is 72.1 Å². The van der Waals surface area contributed by atoms with E-state index in [0.29, 0.717) is 17.9 Å². The highest BCUT2D eigenvalue weighted by atomic mass is 16.5. The minimum atomic E-state index is -0.819. The number of rotatable bonds is 1. The van der Waals surface area contributed by atoms with Crippen molar-refractivity contribution in [1.29, 1.82) is 0 Å². The molecule has 2 amide bonds. The van der Waals surface area contributed by atoms with E-state index in [2.05, 4.69) is 12.1 Å². The maximum Gasteiger partial charge on any atom is 0.340 e. The number of hydroxylamine groups is 2. The van der Waals surface area contributed by atoms with Gasteiger partial charge in [-0.2, -0.15) is 5.06 Å². The molecule has 0 fully saturated rings. The zero-order chi connectivity index (χ0) is 20.8. The van der Waals surface area contributed by atoms with E-state index in [9.17, 15) is 14.8 Å². The number of hydrogen-bond acceptors (Lipinski definition) is 3. The van der Waals surface area contributed by atoms with Gasteiger partial charge in [-0.15, -0.1) is 0 Å². The topological polar surface area (TPSA) is 93.5 Å². The fraction of sp³-hybridized carbons (Fsp3) is 0.217. The van der Waals surface area contributed by atoms with Crippen LogP contribution in [0.25, 0.3) is 21.8 Å². The molecule has 7 heteroatoms. The van der Waals surface area contributed by atoms with Crippen molar-refractivity contribution in [2.45, 2.75) is 31.8 Å². The summed E-state index contributed by atoms with van der Waals surface area (Å²) in [4.78, 5) is 22.5.